The summed E-state index contributed by atoms with van der Waals surface area (Å²) in [5.41, 5.74) is 6.67. The molecule has 0 saturated heterocycles. The zero-order valence-electron chi connectivity index (χ0n) is 9.43. The van der Waals surface area contributed by atoms with Crippen molar-refractivity contribution >= 4 is 27.0 Å². The van der Waals surface area contributed by atoms with Gasteiger partial charge in [-0.25, -0.2) is 21.9 Å². The number of hydrogen-bond donors (Lipinski definition) is 2. The molecular weight excluding hydrogens is 296 g/mol. The summed E-state index contributed by atoms with van der Waals surface area (Å²) in [4.78, 5) is 3.61. The Hall–Kier alpha value is -1.58. The van der Waals surface area contributed by atoms with Crippen molar-refractivity contribution in [2.45, 2.75) is 11.4 Å². The molecule has 9 heteroatoms. The number of anilines is 1. The van der Waals surface area contributed by atoms with Crippen LogP contribution >= 0.6 is 11.3 Å². The summed E-state index contributed by atoms with van der Waals surface area (Å²) in [6.45, 7) is -0.0527. The van der Waals surface area contributed by atoms with Gasteiger partial charge in [0.2, 0.25) is 10.0 Å². The Labute approximate surface area is 112 Å². The van der Waals surface area contributed by atoms with Crippen LogP contribution in [0.1, 0.15) is 4.88 Å². The van der Waals surface area contributed by atoms with Gasteiger partial charge in [-0.3, -0.25) is 4.98 Å². The predicted molar refractivity (Wildman–Crippen MR) is 66.9 cm³/mol. The SMILES string of the molecule is Nc1cc(F)c(F)c(S(=O)(=O)NCc2cncs2)c1. The largest absolute Gasteiger partial charge is 0.399 e. The average Bonchev–Trinajstić information content (AvgIpc) is 2.84. The van der Waals surface area contributed by atoms with Gasteiger partial charge >= 0.3 is 0 Å². The average molecular weight is 305 g/mol. The molecule has 102 valence electrons. The lowest BCUT2D eigenvalue weighted by atomic mass is 10.3. The van der Waals surface area contributed by atoms with Crippen LogP contribution in [0.3, 0.4) is 0 Å². The van der Waals surface area contributed by atoms with Crippen molar-refractivity contribution in [1.29, 1.82) is 0 Å². The fourth-order valence-electron chi connectivity index (χ4n) is 1.35. The van der Waals surface area contributed by atoms with E-state index in [0.29, 0.717) is 4.88 Å². The van der Waals surface area contributed by atoms with Crippen LogP contribution in [0, 0.1) is 11.6 Å². The molecule has 2 rings (SSSR count). The van der Waals surface area contributed by atoms with E-state index >= 15 is 0 Å². The number of benzene rings is 1. The lowest BCUT2D eigenvalue weighted by Gasteiger charge is -2.08. The lowest BCUT2D eigenvalue weighted by molar-refractivity contribution is 0.484. The van der Waals surface area contributed by atoms with Crippen LogP contribution in [0.5, 0.6) is 0 Å². The molecule has 1 aromatic carbocycles. The van der Waals surface area contributed by atoms with Crippen LogP contribution in [0.4, 0.5) is 14.5 Å². The van der Waals surface area contributed by atoms with Gasteiger partial charge in [-0.1, -0.05) is 0 Å². The number of nitrogen functional groups attached to an aromatic ring is 1. The Morgan fingerprint density at radius 3 is 2.74 bits per heavy atom. The highest BCUT2D eigenvalue weighted by Gasteiger charge is 2.22. The summed E-state index contributed by atoms with van der Waals surface area (Å²) in [6.07, 6.45) is 1.48. The summed E-state index contributed by atoms with van der Waals surface area (Å²) in [5, 5.41) is 0. The maximum absolute atomic E-state index is 13.5. The zero-order valence-corrected chi connectivity index (χ0v) is 11.1. The fraction of sp³-hybridized carbons (Fsp3) is 0.100. The van der Waals surface area contributed by atoms with Gasteiger partial charge in [0.25, 0.3) is 0 Å². The molecule has 3 N–H and O–H groups in total. The highest BCUT2D eigenvalue weighted by molar-refractivity contribution is 7.89. The van der Waals surface area contributed by atoms with Crippen LogP contribution in [0.15, 0.2) is 28.7 Å². The first kappa shape index (κ1) is 13.8. The Morgan fingerprint density at radius 1 is 1.37 bits per heavy atom. The molecule has 1 aromatic heterocycles. The van der Waals surface area contributed by atoms with Crippen LogP contribution in [0.25, 0.3) is 0 Å². The number of nitrogens with two attached hydrogens (primary N) is 1. The van der Waals surface area contributed by atoms with Gasteiger partial charge in [0.05, 0.1) is 5.51 Å². The summed E-state index contributed by atoms with van der Waals surface area (Å²) in [6, 6.07) is 1.59. The number of halogens is 2. The molecule has 0 radical (unpaired) electrons. The molecule has 0 unspecified atom stereocenters. The van der Waals surface area contributed by atoms with E-state index in [0.717, 1.165) is 12.1 Å². The molecule has 0 spiro atoms. The van der Waals surface area contributed by atoms with Crippen molar-refractivity contribution < 1.29 is 17.2 Å². The van der Waals surface area contributed by atoms with Crippen LogP contribution in [0.2, 0.25) is 0 Å². The molecule has 2 aromatic rings. The van der Waals surface area contributed by atoms with Gasteiger partial charge < -0.3 is 5.73 Å². The number of sulfonamides is 1. The molecule has 0 saturated carbocycles. The van der Waals surface area contributed by atoms with Crippen molar-refractivity contribution in [3.63, 3.8) is 0 Å². The van der Waals surface area contributed by atoms with Crippen LogP contribution < -0.4 is 10.5 Å². The molecule has 19 heavy (non-hydrogen) atoms. The van der Waals surface area contributed by atoms with E-state index in [-0.39, 0.29) is 12.2 Å². The molecule has 0 aliphatic carbocycles. The Morgan fingerprint density at radius 2 is 2.11 bits per heavy atom. The number of aromatic nitrogens is 1. The van der Waals surface area contributed by atoms with E-state index in [9.17, 15) is 17.2 Å². The van der Waals surface area contributed by atoms with E-state index in [1.165, 1.54) is 23.0 Å². The topological polar surface area (TPSA) is 85.1 Å². The molecule has 0 aliphatic heterocycles. The summed E-state index contributed by atoms with van der Waals surface area (Å²) in [5.74, 6) is -2.76. The van der Waals surface area contributed by atoms with Gasteiger partial charge in [-0.05, 0) is 12.1 Å². The summed E-state index contributed by atoms with van der Waals surface area (Å²) < 4.78 is 52.5. The standard InChI is InChI=1S/C10H9F2N3O2S2/c11-8-1-6(13)2-9(10(8)12)19(16,17)15-4-7-3-14-5-18-7/h1-3,5,15H,4,13H2. The van der Waals surface area contributed by atoms with Crippen LogP contribution in [-0.2, 0) is 16.6 Å². The number of nitrogens with one attached hydrogen (secondary N) is 1. The minimum Gasteiger partial charge on any atom is -0.399 e. The second-order valence-corrected chi connectivity index (χ2v) is 6.31. The van der Waals surface area contributed by atoms with Crippen molar-refractivity contribution in [2.75, 3.05) is 5.73 Å². The van der Waals surface area contributed by atoms with Gasteiger partial charge in [0, 0.05) is 23.3 Å². The Balaban J connectivity index is 2.29. The zero-order chi connectivity index (χ0) is 14.0. The Bertz CT molecular complexity index is 687. The van der Waals surface area contributed by atoms with Crippen molar-refractivity contribution in [3.8, 4) is 0 Å². The van der Waals surface area contributed by atoms with E-state index < -0.39 is 26.6 Å². The normalized spacial score (nSPS) is 11.7. The van der Waals surface area contributed by atoms with E-state index in [2.05, 4.69) is 9.71 Å². The molecule has 5 nitrogen and oxygen atoms in total. The molecule has 0 amide bonds. The predicted octanol–water partition coefficient (Wildman–Crippen LogP) is 1.48. The summed E-state index contributed by atoms with van der Waals surface area (Å²) in [7, 11) is -4.18. The van der Waals surface area contributed by atoms with Gasteiger partial charge in [0.1, 0.15) is 4.90 Å². The number of rotatable bonds is 4. The highest BCUT2D eigenvalue weighted by atomic mass is 32.2. The van der Waals surface area contributed by atoms with E-state index in [1.54, 1.807) is 0 Å². The van der Waals surface area contributed by atoms with Crippen molar-refractivity contribution in [1.82, 2.24) is 9.71 Å². The molecule has 0 aliphatic rings. The van der Waals surface area contributed by atoms with Gasteiger partial charge in [-0.15, -0.1) is 11.3 Å². The third kappa shape index (κ3) is 3.06. The minimum absolute atomic E-state index is 0.0527. The molecule has 0 fully saturated rings. The first-order valence-electron chi connectivity index (χ1n) is 5.01. The maximum Gasteiger partial charge on any atom is 0.244 e. The first-order chi connectivity index (χ1) is 8.90. The van der Waals surface area contributed by atoms with Crippen LogP contribution in [-0.4, -0.2) is 13.4 Å². The monoisotopic (exact) mass is 305 g/mol. The minimum atomic E-state index is -4.18. The molecule has 1 heterocycles. The molecule has 0 bridgehead atoms. The van der Waals surface area contributed by atoms with Crippen molar-refractivity contribution in [3.05, 3.63) is 40.4 Å². The number of thiazole rings is 1. The van der Waals surface area contributed by atoms with Crippen molar-refractivity contribution in [2.24, 2.45) is 0 Å². The first-order valence-corrected chi connectivity index (χ1v) is 7.38. The van der Waals surface area contributed by atoms with Gasteiger partial charge in [0.15, 0.2) is 11.6 Å². The smallest absolute Gasteiger partial charge is 0.244 e. The van der Waals surface area contributed by atoms with E-state index in [1.807, 2.05) is 0 Å². The van der Waals surface area contributed by atoms with E-state index in [4.69, 9.17) is 5.73 Å². The third-order valence-electron chi connectivity index (χ3n) is 2.23. The quantitative estimate of drug-likeness (QED) is 0.838. The second-order valence-electron chi connectivity index (χ2n) is 3.61. The second kappa shape index (κ2) is 5.19. The Kier molecular flexibility index (Phi) is 3.78. The number of nitrogens with zero attached hydrogens (tertiary/aromatic N) is 1. The maximum atomic E-state index is 13.5. The number of hydrogen-bond acceptors (Lipinski definition) is 5. The lowest BCUT2D eigenvalue weighted by Crippen LogP contribution is -2.24. The fourth-order valence-corrected chi connectivity index (χ4v) is 3.10. The van der Waals surface area contributed by atoms with Gasteiger partial charge in [-0.2, -0.15) is 0 Å². The summed E-state index contributed by atoms with van der Waals surface area (Å²) >= 11 is 1.24. The highest BCUT2D eigenvalue weighted by Crippen LogP contribution is 2.21. The molecular formula is C10H9F2N3O2S2. The third-order valence-corrected chi connectivity index (χ3v) is 4.41. The molecule has 0 atom stereocenters.